The molecule has 0 radical (unpaired) electrons. The third-order valence-electron chi connectivity index (χ3n) is 1.08. The molecule has 0 aliphatic carbocycles. The lowest BCUT2D eigenvalue weighted by molar-refractivity contribution is -0.305. The number of rotatable bonds is 4. The van der Waals surface area contributed by atoms with E-state index in [1.807, 2.05) is 0 Å². The van der Waals surface area contributed by atoms with Gasteiger partial charge >= 0.3 is 5.97 Å². The van der Waals surface area contributed by atoms with Crippen LogP contribution in [0.4, 0.5) is 0 Å². The van der Waals surface area contributed by atoms with Crippen LogP contribution in [-0.4, -0.2) is 30.9 Å². The molecular formula is C7H11N2O4-. The number of carbonyl (C=O) groups is 2. The van der Waals surface area contributed by atoms with Gasteiger partial charge < -0.3 is 20.4 Å². The quantitative estimate of drug-likeness (QED) is 0.313. The van der Waals surface area contributed by atoms with Crippen molar-refractivity contribution in [2.24, 2.45) is 10.7 Å². The Labute approximate surface area is 75.4 Å². The normalized spacial score (nSPS) is 11.0. The maximum Gasteiger partial charge on any atom is 0.373 e. The summed E-state index contributed by atoms with van der Waals surface area (Å²) in [5, 5.41) is 9.94. The fourth-order valence-corrected chi connectivity index (χ4v) is 0.537. The standard InChI is InChI=1S/C7H12N2O4/c1-2-13-7(12)6(8)9-4-3-5(10)11/h2-4H2,1H3,(H2,8,9)(H,10,11)/p-1. The SMILES string of the molecule is CCOC(=O)C(N)=NCCC(=O)[O-]. The monoisotopic (exact) mass is 187 g/mol. The molecule has 0 aromatic carbocycles. The maximum atomic E-state index is 10.8. The topological polar surface area (TPSA) is 105 Å². The Hall–Kier alpha value is -1.59. The van der Waals surface area contributed by atoms with Gasteiger partial charge in [-0.2, -0.15) is 0 Å². The molecule has 0 fully saturated rings. The highest BCUT2D eigenvalue weighted by Gasteiger charge is 2.05. The van der Waals surface area contributed by atoms with Gasteiger partial charge in [0.05, 0.1) is 6.61 Å². The first-order chi connectivity index (χ1) is 6.07. The van der Waals surface area contributed by atoms with Crippen LogP contribution < -0.4 is 10.8 Å². The number of nitrogens with zero attached hydrogens (tertiary/aromatic N) is 1. The van der Waals surface area contributed by atoms with Crippen molar-refractivity contribution in [2.75, 3.05) is 13.2 Å². The minimum Gasteiger partial charge on any atom is -0.550 e. The van der Waals surface area contributed by atoms with E-state index >= 15 is 0 Å². The molecule has 0 unspecified atom stereocenters. The zero-order valence-corrected chi connectivity index (χ0v) is 7.28. The van der Waals surface area contributed by atoms with Gasteiger partial charge in [0.15, 0.2) is 0 Å². The summed E-state index contributed by atoms with van der Waals surface area (Å²) in [6.45, 7) is 1.76. The summed E-state index contributed by atoms with van der Waals surface area (Å²) in [7, 11) is 0. The van der Waals surface area contributed by atoms with Crippen LogP contribution in [0.1, 0.15) is 13.3 Å². The Kier molecular flexibility index (Phi) is 5.25. The molecule has 6 nitrogen and oxygen atoms in total. The number of aliphatic carboxylic acids is 1. The summed E-state index contributed by atoms with van der Waals surface area (Å²) in [5.74, 6) is -2.29. The second-order valence-corrected chi connectivity index (χ2v) is 2.11. The predicted octanol–water partition coefficient (Wildman–Crippen LogP) is -1.95. The number of carboxylic acid groups (broad SMARTS) is 1. The van der Waals surface area contributed by atoms with E-state index in [4.69, 9.17) is 5.73 Å². The average molecular weight is 187 g/mol. The van der Waals surface area contributed by atoms with Crippen LogP contribution in [-0.2, 0) is 14.3 Å². The van der Waals surface area contributed by atoms with Crippen molar-refractivity contribution in [3.8, 4) is 0 Å². The Morgan fingerprint density at radius 2 is 2.15 bits per heavy atom. The number of esters is 1. The molecule has 0 saturated heterocycles. The molecule has 0 aliphatic rings. The fraction of sp³-hybridized carbons (Fsp3) is 0.571. The minimum absolute atomic E-state index is 0.0764. The highest BCUT2D eigenvalue weighted by atomic mass is 16.5. The molecule has 0 heterocycles. The van der Waals surface area contributed by atoms with Crippen molar-refractivity contribution in [1.82, 2.24) is 0 Å². The third-order valence-corrected chi connectivity index (χ3v) is 1.08. The Bertz CT molecular complexity index is 225. The largest absolute Gasteiger partial charge is 0.550 e. The van der Waals surface area contributed by atoms with E-state index in [1.165, 1.54) is 0 Å². The number of ether oxygens (including phenoxy) is 1. The van der Waals surface area contributed by atoms with E-state index in [-0.39, 0.29) is 25.4 Å². The Morgan fingerprint density at radius 1 is 1.54 bits per heavy atom. The first-order valence-corrected chi connectivity index (χ1v) is 3.74. The Morgan fingerprint density at radius 3 is 2.62 bits per heavy atom. The van der Waals surface area contributed by atoms with Gasteiger partial charge in [0.25, 0.3) is 0 Å². The van der Waals surface area contributed by atoms with Crippen molar-refractivity contribution >= 4 is 17.8 Å². The van der Waals surface area contributed by atoms with Gasteiger partial charge in [-0.15, -0.1) is 0 Å². The van der Waals surface area contributed by atoms with Gasteiger partial charge in [-0.25, -0.2) is 4.79 Å². The van der Waals surface area contributed by atoms with Gasteiger partial charge in [-0.3, -0.25) is 4.99 Å². The predicted molar refractivity (Wildman–Crippen MR) is 42.7 cm³/mol. The van der Waals surface area contributed by atoms with Crippen molar-refractivity contribution in [3.05, 3.63) is 0 Å². The molecule has 0 atom stereocenters. The molecule has 6 heteroatoms. The van der Waals surface area contributed by atoms with Crippen molar-refractivity contribution < 1.29 is 19.4 Å². The third kappa shape index (κ3) is 5.66. The Balaban J connectivity index is 3.87. The molecule has 0 amide bonds. The molecule has 0 bridgehead atoms. The number of aliphatic imine (C=N–C) groups is 1. The van der Waals surface area contributed by atoms with Crippen molar-refractivity contribution in [1.29, 1.82) is 0 Å². The minimum atomic E-state index is -1.24. The van der Waals surface area contributed by atoms with E-state index in [0.717, 1.165) is 0 Å². The van der Waals surface area contributed by atoms with Crippen LogP contribution in [0.2, 0.25) is 0 Å². The van der Waals surface area contributed by atoms with Gasteiger partial charge in [0.1, 0.15) is 0 Å². The number of hydrogen-bond donors (Lipinski definition) is 1. The summed E-state index contributed by atoms with van der Waals surface area (Å²) in [5.41, 5.74) is 5.15. The summed E-state index contributed by atoms with van der Waals surface area (Å²) in [4.78, 5) is 24.2. The lowest BCUT2D eigenvalue weighted by Crippen LogP contribution is -2.28. The van der Waals surface area contributed by atoms with E-state index in [0.29, 0.717) is 0 Å². The zero-order valence-electron chi connectivity index (χ0n) is 7.28. The molecule has 0 spiro atoms. The number of amidine groups is 1. The van der Waals surface area contributed by atoms with Crippen LogP contribution in [0.15, 0.2) is 4.99 Å². The highest BCUT2D eigenvalue weighted by Crippen LogP contribution is 1.83. The number of carboxylic acids is 1. The van der Waals surface area contributed by atoms with E-state index < -0.39 is 11.9 Å². The van der Waals surface area contributed by atoms with Crippen LogP contribution >= 0.6 is 0 Å². The lowest BCUT2D eigenvalue weighted by atomic mass is 10.4. The summed E-state index contributed by atoms with van der Waals surface area (Å²) >= 11 is 0. The zero-order chi connectivity index (χ0) is 10.3. The molecule has 0 aromatic heterocycles. The molecule has 13 heavy (non-hydrogen) atoms. The van der Waals surface area contributed by atoms with Crippen LogP contribution in [0.25, 0.3) is 0 Å². The number of hydrogen-bond acceptors (Lipinski definition) is 5. The molecule has 0 aliphatic heterocycles. The van der Waals surface area contributed by atoms with E-state index in [9.17, 15) is 14.7 Å². The van der Waals surface area contributed by atoms with Crippen LogP contribution in [0.3, 0.4) is 0 Å². The highest BCUT2D eigenvalue weighted by molar-refractivity contribution is 6.34. The summed E-state index contributed by atoms with van der Waals surface area (Å²) < 4.78 is 4.50. The molecule has 0 aromatic rings. The molecule has 0 saturated carbocycles. The number of carbonyl (C=O) groups excluding carboxylic acids is 2. The lowest BCUT2D eigenvalue weighted by Gasteiger charge is -2.01. The van der Waals surface area contributed by atoms with Gasteiger partial charge in [0, 0.05) is 18.9 Å². The fourth-order valence-electron chi connectivity index (χ4n) is 0.537. The smallest absolute Gasteiger partial charge is 0.373 e. The number of nitrogens with two attached hydrogens (primary N) is 1. The van der Waals surface area contributed by atoms with E-state index in [1.54, 1.807) is 6.92 Å². The van der Waals surface area contributed by atoms with Crippen molar-refractivity contribution in [2.45, 2.75) is 13.3 Å². The first kappa shape index (κ1) is 11.4. The first-order valence-electron chi connectivity index (χ1n) is 3.74. The van der Waals surface area contributed by atoms with Crippen LogP contribution in [0, 0.1) is 0 Å². The molecule has 74 valence electrons. The maximum absolute atomic E-state index is 10.8. The molecule has 2 N–H and O–H groups in total. The summed E-state index contributed by atoms with van der Waals surface area (Å²) in [6, 6.07) is 0. The average Bonchev–Trinajstić information content (AvgIpc) is 2.04. The van der Waals surface area contributed by atoms with E-state index in [2.05, 4.69) is 9.73 Å². The van der Waals surface area contributed by atoms with Crippen LogP contribution in [0.5, 0.6) is 0 Å². The van der Waals surface area contributed by atoms with Gasteiger partial charge in [-0.05, 0) is 6.92 Å². The second kappa shape index (κ2) is 5.99. The van der Waals surface area contributed by atoms with Crippen molar-refractivity contribution in [3.63, 3.8) is 0 Å². The van der Waals surface area contributed by atoms with Gasteiger partial charge in [-0.1, -0.05) is 0 Å². The molecule has 0 rings (SSSR count). The molecular weight excluding hydrogens is 176 g/mol. The summed E-state index contributed by atoms with van der Waals surface area (Å²) in [6.07, 6.45) is -0.264. The second-order valence-electron chi connectivity index (χ2n) is 2.11. The van der Waals surface area contributed by atoms with Gasteiger partial charge in [0.2, 0.25) is 5.84 Å².